The second-order valence-electron chi connectivity index (χ2n) is 4.77. The fraction of sp³-hybridized carbons (Fsp3) is 0.538. The van der Waals surface area contributed by atoms with E-state index in [1.165, 1.54) is 0 Å². The largest absolute Gasteiger partial charge is 0.389 e. The first-order valence-electron chi connectivity index (χ1n) is 6.04. The zero-order valence-corrected chi connectivity index (χ0v) is 12.4. The third-order valence-corrected chi connectivity index (χ3v) is 3.05. The Morgan fingerprint density at radius 1 is 1.33 bits per heavy atom. The fourth-order valence-corrected chi connectivity index (χ4v) is 2.12. The fourth-order valence-electron chi connectivity index (χ4n) is 1.87. The summed E-state index contributed by atoms with van der Waals surface area (Å²) in [6.07, 6.45) is 2.88. The van der Waals surface area contributed by atoms with Gasteiger partial charge in [0, 0.05) is 19.8 Å². The zero-order chi connectivity index (χ0) is 13.7. The molecule has 4 nitrogen and oxygen atoms in total. The number of aryl methyl sites for hydroxylation is 1. The molecule has 0 saturated carbocycles. The van der Waals surface area contributed by atoms with Gasteiger partial charge in [-0.05, 0) is 45.6 Å². The summed E-state index contributed by atoms with van der Waals surface area (Å²) < 4.78 is 0. The highest BCUT2D eigenvalue weighted by molar-refractivity contribution is 7.80. The molecule has 0 atom stereocenters. The van der Waals surface area contributed by atoms with Crippen LogP contribution >= 0.6 is 12.2 Å². The van der Waals surface area contributed by atoms with Crippen LogP contribution in [0.2, 0.25) is 0 Å². The van der Waals surface area contributed by atoms with Gasteiger partial charge in [-0.3, -0.25) is 0 Å². The minimum Gasteiger partial charge on any atom is -0.389 e. The molecule has 1 aromatic heterocycles. The van der Waals surface area contributed by atoms with Crippen LogP contribution in [0.1, 0.15) is 17.5 Å². The Bertz CT molecular complexity index is 417. The van der Waals surface area contributed by atoms with Crippen LogP contribution < -0.4 is 10.6 Å². The van der Waals surface area contributed by atoms with Gasteiger partial charge in [0.15, 0.2) is 0 Å². The first-order valence-corrected chi connectivity index (χ1v) is 6.45. The molecule has 0 saturated heterocycles. The number of nitrogens with zero attached hydrogens (tertiary/aromatic N) is 3. The maximum Gasteiger partial charge on any atom is 0.138 e. The van der Waals surface area contributed by atoms with Gasteiger partial charge in [-0.15, -0.1) is 0 Å². The van der Waals surface area contributed by atoms with E-state index in [0.717, 1.165) is 36.5 Å². The van der Waals surface area contributed by atoms with E-state index in [-0.39, 0.29) is 0 Å². The van der Waals surface area contributed by atoms with E-state index in [4.69, 9.17) is 18.0 Å². The third-order valence-electron chi connectivity index (χ3n) is 2.85. The van der Waals surface area contributed by atoms with Gasteiger partial charge in [-0.25, -0.2) is 4.98 Å². The quantitative estimate of drug-likeness (QED) is 0.789. The highest BCUT2D eigenvalue weighted by Gasteiger charge is 2.13. The van der Waals surface area contributed by atoms with Crippen molar-refractivity contribution in [3.8, 4) is 0 Å². The Morgan fingerprint density at radius 2 is 2.00 bits per heavy atom. The Kier molecular flexibility index (Phi) is 5.50. The molecule has 0 aliphatic heterocycles. The number of aromatic nitrogens is 1. The summed E-state index contributed by atoms with van der Waals surface area (Å²) >= 11 is 5.11. The smallest absolute Gasteiger partial charge is 0.138 e. The van der Waals surface area contributed by atoms with Crippen molar-refractivity contribution < 1.29 is 0 Å². The van der Waals surface area contributed by atoms with Crippen LogP contribution in [0.15, 0.2) is 12.3 Å². The molecule has 0 radical (unpaired) electrons. The van der Waals surface area contributed by atoms with Crippen LogP contribution in [0.4, 0.5) is 5.82 Å². The highest BCUT2D eigenvalue weighted by atomic mass is 32.1. The number of nitrogens with two attached hydrogens (primary N) is 1. The number of hydrogen-bond acceptors (Lipinski definition) is 4. The average molecular weight is 266 g/mol. The first kappa shape index (κ1) is 14.9. The molecule has 18 heavy (non-hydrogen) atoms. The Morgan fingerprint density at radius 3 is 2.56 bits per heavy atom. The molecule has 1 heterocycles. The average Bonchev–Trinajstić information content (AvgIpc) is 2.27. The number of anilines is 1. The zero-order valence-electron chi connectivity index (χ0n) is 11.6. The maximum absolute atomic E-state index is 5.79. The summed E-state index contributed by atoms with van der Waals surface area (Å²) in [5.74, 6) is 0.876. The van der Waals surface area contributed by atoms with Gasteiger partial charge in [0.1, 0.15) is 10.8 Å². The molecule has 5 heteroatoms. The van der Waals surface area contributed by atoms with E-state index in [2.05, 4.69) is 28.9 Å². The molecule has 1 aromatic rings. The van der Waals surface area contributed by atoms with Crippen molar-refractivity contribution in [2.75, 3.05) is 39.1 Å². The molecule has 0 aliphatic carbocycles. The van der Waals surface area contributed by atoms with Gasteiger partial charge >= 0.3 is 0 Å². The molecule has 0 aromatic carbocycles. The standard InChI is InChI=1S/C13H22N4S/c1-10-6-7-15-13(11(10)12(14)18)17(4)9-5-8-16(2)3/h6-7H,5,8-9H2,1-4H3,(H2,14,18). The molecule has 0 bridgehead atoms. The van der Waals surface area contributed by atoms with Crippen LogP contribution in [-0.4, -0.2) is 49.1 Å². The predicted octanol–water partition coefficient (Wildman–Crippen LogP) is 1.41. The highest BCUT2D eigenvalue weighted by Crippen LogP contribution is 2.19. The molecule has 2 N–H and O–H groups in total. The molecular weight excluding hydrogens is 244 g/mol. The molecular formula is C13H22N4S. The van der Waals surface area contributed by atoms with Gasteiger partial charge in [0.05, 0.1) is 5.56 Å². The topological polar surface area (TPSA) is 45.4 Å². The maximum atomic E-state index is 5.79. The number of rotatable bonds is 6. The summed E-state index contributed by atoms with van der Waals surface area (Å²) in [4.78, 5) is 9.10. The van der Waals surface area contributed by atoms with Crippen molar-refractivity contribution in [2.24, 2.45) is 5.73 Å². The molecule has 0 aliphatic rings. The van der Waals surface area contributed by atoms with E-state index >= 15 is 0 Å². The molecule has 0 unspecified atom stereocenters. The lowest BCUT2D eigenvalue weighted by Crippen LogP contribution is -2.27. The lowest BCUT2D eigenvalue weighted by Gasteiger charge is -2.22. The van der Waals surface area contributed by atoms with E-state index in [1.807, 2.05) is 20.0 Å². The van der Waals surface area contributed by atoms with Gasteiger partial charge in [-0.2, -0.15) is 0 Å². The van der Waals surface area contributed by atoms with Crippen molar-refractivity contribution >= 4 is 23.0 Å². The third kappa shape index (κ3) is 3.92. The van der Waals surface area contributed by atoms with Gasteiger partial charge in [0.25, 0.3) is 0 Å². The van der Waals surface area contributed by atoms with Crippen LogP contribution in [-0.2, 0) is 0 Å². The van der Waals surface area contributed by atoms with E-state index < -0.39 is 0 Å². The second-order valence-corrected chi connectivity index (χ2v) is 5.21. The molecule has 0 amide bonds. The van der Waals surface area contributed by atoms with Crippen molar-refractivity contribution in [3.63, 3.8) is 0 Å². The predicted molar refractivity (Wildman–Crippen MR) is 81.3 cm³/mol. The van der Waals surface area contributed by atoms with Crippen LogP contribution in [0.5, 0.6) is 0 Å². The summed E-state index contributed by atoms with van der Waals surface area (Å²) in [6, 6.07) is 1.94. The van der Waals surface area contributed by atoms with Gasteiger partial charge in [0.2, 0.25) is 0 Å². The normalized spacial score (nSPS) is 10.7. The lowest BCUT2D eigenvalue weighted by atomic mass is 10.1. The van der Waals surface area contributed by atoms with Gasteiger partial charge in [-0.1, -0.05) is 12.2 Å². The lowest BCUT2D eigenvalue weighted by molar-refractivity contribution is 0.401. The summed E-state index contributed by atoms with van der Waals surface area (Å²) in [7, 11) is 6.18. The Hall–Kier alpha value is -1.20. The SMILES string of the molecule is Cc1ccnc(N(C)CCCN(C)C)c1C(N)=S. The molecule has 0 spiro atoms. The summed E-state index contributed by atoms with van der Waals surface area (Å²) in [5, 5.41) is 0. The van der Waals surface area contributed by atoms with Crippen LogP contribution in [0, 0.1) is 6.92 Å². The van der Waals surface area contributed by atoms with Gasteiger partial charge < -0.3 is 15.5 Å². The van der Waals surface area contributed by atoms with Crippen molar-refractivity contribution in [2.45, 2.75) is 13.3 Å². The molecule has 100 valence electrons. The minimum atomic E-state index is 0.412. The summed E-state index contributed by atoms with van der Waals surface area (Å²) in [6.45, 7) is 4.00. The molecule has 1 rings (SSSR count). The van der Waals surface area contributed by atoms with Crippen molar-refractivity contribution in [1.29, 1.82) is 0 Å². The van der Waals surface area contributed by atoms with E-state index in [0.29, 0.717) is 4.99 Å². The van der Waals surface area contributed by atoms with E-state index in [1.54, 1.807) is 6.20 Å². The first-order chi connectivity index (χ1) is 8.43. The Balaban J connectivity index is 2.82. The van der Waals surface area contributed by atoms with Crippen LogP contribution in [0.3, 0.4) is 0 Å². The molecule has 0 fully saturated rings. The number of hydrogen-bond donors (Lipinski definition) is 1. The minimum absolute atomic E-state index is 0.412. The number of thiocarbonyl (C=S) groups is 1. The van der Waals surface area contributed by atoms with Crippen molar-refractivity contribution in [1.82, 2.24) is 9.88 Å². The second kappa shape index (κ2) is 6.66. The van der Waals surface area contributed by atoms with E-state index in [9.17, 15) is 0 Å². The van der Waals surface area contributed by atoms with Crippen LogP contribution in [0.25, 0.3) is 0 Å². The Labute approximate surface area is 115 Å². The monoisotopic (exact) mass is 266 g/mol. The summed E-state index contributed by atoms with van der Waals surface area (Å²) in [5.41, 5.74) is 7.75. The van der Waals surface area contributed by atoms with Crippen molar-refractivity contribution in [3.05, 3.63) is 23.4 Å². The number of pyridine rings is 1.